The lowest BCUT2D eigenvalue weighted by Crippen LogP contribution is -2.33. The Hall–Kier alpha value is -0.820. The molecule has 0 heterocycles. The van der Waals surface area contributed by atoms with Crippen LogP contribution in [0.25, 0.3) is 0 Å². The highest BCUT2D eigenvalue weighted by molar-refractivity contribution is 7.89. The van der Waals surface area contributed by atoms with Crippen molar-refractivity contribution in [3.63, 3.8) is 0 Å². The zero-order chi connectivity index (χ0) is 14.6. The number of likely N-dealkylation sites (N-methyl/N-ethyl adjacent to an activating group) is 1. The van der Waals surface area contributed by atoms with Gasteiger partial charge in [0.1, 0.15) is 0 Å². The number of aryl methyl sites for hydroxylation is 1. The van der Waals surface area contributed by atoms with E-state index in [1.807, 2.05) is 18.9 Å². The number of nitrogens with two attached hydrogens (primary N) is 1. The van der Waals surface area contributed by atoms with E-state index < -0.39 is 10.0 Å². The minimum Gasteiger partial charge on any atom is -0.397 e. The first-order valence-electron chi connectivity index (χ1n) is 6.01. The first-order chi connectivity index (χ1) is 8.77. The molecular formula is C12H20ClN3O2S. The van der Waals surface area contributed by atoms with Gasteiger partial charge in [-0.05, 0) is 38.2 Å². The third-order valence-corrected chi connectivity index (χ3v) is 4.84. The van der Waals surface area contributed by atoms with Crippen LogP contribution in [-0.4, -0.2) is 40.0 Å². The SMILES string of the molecule is CCN(C)CCNS(=O)(=O)c1cc(N)c(Cl)cc1C. The highest BCUT2D eigenvalue weighted by Gasteiger charge is 2.18. The molecule has 0 saturated carbocycles. The predicted octanol–water partition coefficient (Wildman–Crippen LogP) is 1.46. The van der Waals surface area contributed by atoms with E-state index in [2.05, 4.69) is 4.72 Å². The number of rotatable bonds is 6. The summed E-state index contributed by atoms with van der Waals surface area (Å²) in [5.41, 5.74) is 6.49. The molecule has 108 valence electrons. The molecule has 0 atom stereocenters. The fourth-order valence-corrected chi connectivity index (χ4v) is 3.06. The van der Waals surface area contributed by atoms with E-state index >= 15 is 0 Å². The lowest BCUT2D eigenvalue weighted by atomic mass is 10.2. The Labute approximate surface area is 119 Å². The summed E-state index contributed by atoms with van der Waals surface area (Å²) in [6, 6.07) is 2.95. The van der Waals surface area contributed by atoms with Gasteiger partial charge in [0.25, 0.3) is 0 Å². The smallest absolute Gasteiger partial charge is 0.240 e. The molecule has 0 aromatic heterocycles. The molecule has 1 aromatic carbocycles. The minimum atomic E-state index is -3.55. The minimum absolute atomic E-state index is 0.175. The van der Waals surface area contributed by atoms with Crippen LogP contribution < -0.4 is 10.5 Å². The number of nitrogens with zero attached hydrogens (tertiary/aromatic N) is 1. The summed E-state index contributed by atoms with van der Waals surface area (Å²) >= 11 is 5.85. The molecule has 1 rings (SSSR count). The van der Waals surface area contributed by atoms with Crippen molar-refractivity contribution in [2.24, 2.45) is 0 Å². The molecular weight excluding hydrogens is 286 g/mol. The summed E-state index contributed by atoms with van der Waals surface area (Å²) in [5, 5.41) is 0.363. The Bertz CT molecular complexity index is 546. The van der Waals surface area contributed by atoms with Crippen LogP contribution in [0.1, 0.15) is 12.5 Å². The van der Waals surface area contributed by atoms with Gasteiger partial charge in [0.15, 0.2) is 0 Å². The molecule has 19 heavy (non-hydrogen) atoms. The molecule has 0 unspecified atom stereocenters. The standard InChI is InChI=1S/C12H20ClN3O2S/c1-4-16(3)6-5-15-19(17,18)12-8-11(14)10(13)7-9(12)2/h7-8,15H,4-6,14H2,1-3H3. The second kappa shape index (κ2) is 6.56. The molecule has 3 N–H and O–H groups in total. The number of anilines is 1. The second-order valence-electron chi connectivity index (χ2n) is 4.43. The van der Waals surface area contributed by atoms with Crippen LogP contribution in [0.2, 0.25) is 5.02 Å². The Morgan fingerprint density at radius 2 is 2.05 bits per heavy atom. The number of sulfonamides is 1. The number of hydrogen-bond donors (Lipinski definition) is 2. The van der Waals surface area contributed by atoms with Crippen LogP contribution in [-0.2, 0) is 10.0 Å². The van der Waals surface area contributed by atoms with Gasteiger partial charge >= 0.3 is 0 Å². The normalized spacial score (nSPS) is 12.1. The fraction of sp³-hybridized carbons (Fsp3) is 0.500. The Morgan fingerprint density at radius 3 is 2.63 bits per heavy atom. The molecule has 0 bridgehead atoms. The van der Waals surface area contributed by atoms with Gasteiger partial charge in [-0.3, -0.25) is 0 Å². The lowest BCUT2D eigenvalue weighted by molar-refractivity contribution is 0.358. The highest BCUT2D eigenvalue weighted by atomic mass is 35.5. The zero-order valence-electron chi connectivity index (χ0n) is 11.4. The summed E-state index contributed by atoms with van der Waals surface area (Å²) in [7, 11) is -1.62. The van der Waals surface area contributed by atoms with E-state index in [0.29, 0.717) is 23.7 Å². The number of halogens is 1. The molecule has 0 fully saturated rings. The van der Waals surface area contributed by atoms with Crippen molar-refractivity contribution in [3.8, 4) is 0 Å². The maximum atomic E-state index is 12.2. The molecule has 5 nitrogen and oxygen atoms in total. The zero-order valence-corrected chi connectivity index (χ0v) is 13.0. The van der Waals surface area contributed by atoms with Crippen LogP contribution in [0.4, 0.5) is 5.69 Å². The molecule has 1 aromatic rings. The van der Waals surface area contributed by atoms with Gasteiger partial charge in [-0.2, -0.15) is 0 Å². The number of nitrogen functional groups attached to an aromatic ring is 1. The molecule has 0 aliphatic rings. The van der Waals surface area contributed by atoms with Gasteiger partial charge in [0.05, 0.1) is 15.6 Å². The van der Waals surface area contributed by atoms with Crippen molar-refractivity contribution in [2.45, 2.75) is 18.7 Å². The molecule has 0 spiro atoms. The van der Waals surface area contributed by atoms with Crippen LogP contribution in [0.5, 0.6) is 0 Å². The third-order valence-electron chi connectivity index (χ3n) is 2.91. The Morgan fingerprint density at radius 1 is 1.42 bits per heavy atom. The van der Waals surface area contributed by atoms with E-state index in [1.165, 1.54) is 6.07 Å². The number of nitrogens with one attached hydrogen (secondary N) is 1. The highest BCUT2D eigenvalue weighted by Crippen LogP contribution is 2.25. The fourth-order valence-electron chi connectivity index (χ4n) is 1.56. The first-order valence-corrected chi connectivity index (χ1v) is 7.88. The summed E-state index contributed by atoms with van der Waals surface area (Å²) in [4.78, 5) is 2.19. The summed E-state index contributed by atoms with van der Waals surface area (Å²) in [5.74, 6) is 0. The van der Waals surface area contributed by atoms with Gasteiger partial charge < -0.3 is 10.6 Å². The number of hydrogen-bond acceptors (Lipinski definition) is 4. The molecule has 0 saturated heterocycles. The topological polar surface area (TPSA) is 75.4 Å². The molecule has 0 aliphatic heterocycles. The van der Waals surface area contributed by atoms with Gasteiger partial charge in [-0.1, -0.05) is 18.5 Å². The van der Waals surface area contributed by atoms with Gasteiger partial charge in [0.2, 0.25) is 10.0 Å². The maximum Gasteiger partial charge on any atom is 0.240 e. The molecule has 7 heteroatoms. The Balaban J connectivity index is 2.86. The van der Waals surface area contributed by atoms with Crippen molar-refractivity contribution in [2.75, 3.05) is 32.4 Å². The Kier molecular flexibility index (Phi) is 5.61. The molecule has 0 amide bonds. The molecule has 0 aliphatic carbocycles. The van der Waals surface area contributed by atoms with Gasteiger partial charge in [0, 0.05) is 13.1 Å². The lowest BCUT2D eigenvalue weighted by Gasteiger charge is -2.15. The van der Waals surface area contributed by atoms with E-state index in [-0.39, 0.29) is 10.6 Å². The van der Waals surface area contributed by atoms with E-state index in [4.69, 9.17) is 17.3 Å². The van der Waals surface area contributed by atoms with Crippen molar-refractivity contribution >= 4 is 27.3 Å². The second-order valence-corrected chi connectivity index (χ2v) is 6.58. The monoisotopic (exact) mass is 305 g/mol. The van der Waals surface area contributed by atoms with Crippen molar-refractivity contribution < 1.29 is 8.42 Å². The van der Waals surface area contributed by atoms with Crippen molar-refractivity contribution in [1.29, 1.82) is 0 Å². The first kappa shape index (κ1) is 16.2. The molecule has 0 radical (unpaired) electrons. The average molecular weight is 306 g/mol. The van der Waals surface area contributed by atoms with Gasteiger partial charge in [-0.15, -0.1) is 0 Å². The van der Waals surface area contributed by atoms with Crippen molar-refractivity contribution in [1.82, 2.24) is 9.62 Å². The van der Waals surface area contributed by atoms with Crippen LogP contribution >= 0.6 is 11.6 Å². The quantitative estimate of drug-likeness (QED) is 0.780. The van der Waals surface area contributed by atoms with Crippen LogP contribution in [0.15, 0.2) is 17.0 Å². The van der Waals surface area contributed by atoms with Crippen LogP contribution in [0.3, 0.4) is 0 Å². The third kappa shape index (κ3) is 4.35. The average Bonchev–Trinajstić information content (AvgIpc) is 2.33. The van der Waals surface area contributed by atoms with Crippen LogP contribution in [0, 0.1) is 6.92 Å². The van der Waals surface area contributed by atoms with E-state index in [0.717, 1.165) is 6.54 Å². The summed E-state index contributed by atoms with van der Waals surface area (Å²) < 4.78 is 26.9. The summed E-state index contributed by atoms with van der Waals surface area (Å²) in [6.45, 7) is 5.58. The predicted molar refractivity (Wildman–Crippen MR) is 79.0 cm³/mol. The van der Waals surface area contributed by atoms with Crippen molar-refractivity contribution in [3.05, 3.63) is 22.7 Å². The summed E-state index contributed by atoms with van der Waals surface area (Å²) in [6.07, 6.45) is 0. The van der Waals surface area contributed by atoms with E-state index in [1.54, 1.807) is 13.0 Å². The van der Waals surface area contributed by atoms with Gasteiger partial charge in [-0.25, -0.2) is 13.1 Å². The largest absolute Gasteiger partial charge is 0.397 e. The number of benzene rings is 1. The maximum absolute atomic E-state index is 12.2. The van der Waals surface area contributed by atoms with E-state index in [9.17, 15) is 8.42 Å².